The van der Waals surface area contributed by atoms with Gasteiger partial charge in [-0.25, -0.2) is 0 Å². The number of carbonyl (C=O) groups excluding carboxylic acids is 1. The van der Waals surface area contributed by atoms with Crippen molar-refractivity contribution in [2.75, 3.05) is 25.0 Å². The first kappa shape index (κ1) is 11.5. The van der Waals surface area contributed by atoms with Gasteiger partial charge in [-0.15, -0.1) is 0 Å². The summed E-state index contributed by atoms with van der Waals surface area (Å²) < 4.78 is 5.48. The number of rotatable bonds is 2. The second-order valence-electron chi connectivity index (χ2n) is 3.61. The normalized spacial score (nSPS) is 20.8. The number of hydrogen-bond donors (Lipinski definition) is 0. The van der Waals surface area contributed by atoms with Crippen LogP contribution in [0.2, 0.25) is 0 Å². The van der Waals surface area contributed by atoms with E-state index in [1.165, 1.54) is 0 Å². The molecule has 16 heavy (non-hydrogen) atoms. The van der Waals surface area contributed by atoms with Crippen LogP contribution in [0, 0.1) is 0 Å². The summed E-state index contributed by atoms with van der Waals surface area (Å²) in [6.45, 7) is 1.86. The number of nitrogens with zero attached hydrogens (tertiary/aromatic N) is 2. The van der Waals surface area contributed by atoms with E-state index >= 15 is 0 Å². The predicted octanol–water partition coefficient (Wildman–Crippen LogP) is 1.32. The van der Waals surface area contributed by atoms with Crippen LogP contribution in [-0.2, 0) is 4.74 Å². The van der Waals surface area contributed by atoms with Gasteiger partial charge < -0.3 is 9.64 Å². The van der Waals surface area contributed by atoms with Crippen LogP contribution in [0.15, 0.2) is 24.4 Å². The minimum atomic E-state index is -0.0187. The molecule has 1 saturated heterocycles. The van der Waals surface area contributed by atoms with Crippen LogP contribution in [-0.4, -0.2) is 46.9 Å². The van der Waals surface area contributed by atoms with Crippen LogP contribution in [0.3, 0.4) is 0 Å². The summed E-state index contributed by atoms with van der Waals surface area (Å²) in [5, 5.41) is 0.749. The second kappa shape index (κ2) is 5.41. The van der Waals surface area contributed by atoms with Crippen molar-refractivity contribution in [1.29, 1.82) is 0 Å². The number of aromatic nitrogens is 1. The summed E-state index contributed by atoms with van der Waals surface area (Å²) >= 11 is 3.37. The zero-order valence-electron chi connectivity index (χ0n) is 8.80. The summed E-state index contributed by atoms with van der Waals surface area (Å²) in [6.07, 6.45) is 1.72. The van der Waals surface area contributed by atoms with Gasteiger partial charge in [0.2, 0.25) is 0 Å². The van der Waals surface area contributed by atoms with Gasteiger partial charge in [0.25, 0.3) is 5.91 Å². The lowest BCUT2D eigenvalue weighted by Crippen LogP contribution is -2.46. The molecule has 5 heteroatoms. The highest BCUT2D eigenvalue weighted by Gasteiger charge is 2.24. The SMILES string of the molecule is O=C(c1ccccn1)N1CCOC(CBr)C1. The minimum absolute atomic E-state index is 0.0187. The Morgan fingerprint density at radius 1 is 1.62 bits per heavy atom. The molecule has 0 spiro atoms. The zero-order valence-corrected chi connectivity index (χ0v) is 10.4. The minimum Gasteiger partial charge on any atom is -0.374 e. The zero-order chi connectivity index (χ0) is 11.4. The fourth-order valence-electron chi connectivity index (χ4n) is 1.65. The number of alkyl halides is 1. The quantitative estimate of drug-likeness (QED) is 0.770. The Balaban J connectivity index is 2.05. The molecule has 1 aliphatic rings. The molecule has 0 bridgehead atoms. The highest BCUT2D eigenvalue weighted by molar-refractivity contribution is 9.09. The summed E-state index contributed by atoms with van der Waals surface area (Å²) in [5.74, 6) is -0.0187. The van der Waals surface area contributed by atoms with Crippen LogP contribution in [0.4, 0.5) is 0 Å². The lowest BCUT2D eigenvalue weighted by atomic mass is 10.2. The van der Waals surface area contributed by atoms with Gasteiger partial charge in [-0.1, -0.05) is 22.0 Å². The molecule has 2 heterocycles. The molecule has 1 atom stereocenters. The summed E-state index contributed by atoms with van der Waals surface area (Å²) in [6, 6.07) is 5.36. The number of halogens is 1. The molecule has 1 fully saturated rings. The first-order chi connectivity index (χ1) is 7.81. The number of morpholine rings is 1. The van der Waals surface area contributed by atoms with Crippen LogP contribution in [0.25, 0.3) is 0 Å². The number of carbonyl (C=O) groups is 1. The smallest absolute Gasteiger partial charge is 0.272 e. The average molecular weight is 285 g/mol. The van der Waals surface area contributed by atoms with Gasteiger partial charge in [0, 0.05) is 24.6 Å². The van der Waals surface area contributed by atoms with E-state index in [1.807, 2.05) is 6.07 Å². The fraction of sp³-hybridized carbons (Fsp3) is 0.455. The molecule has 0 N–H and O–H groups in total. The molecule has 0 radical (unpaired) electrons. The molecule has 1 aromatic heterocycles. The van der Waals surface area contributed by atoms with Gasteiger partial charge in [-0.2, -0.15) is 0 Å². The Kier molecular flexibility index (Phi) is 3.90. The van der Waals surface area contributed by atoms with E-state index in [1.54, 1.807) is 23.2 Å². The Hall–Kier alpha value is -0.940. The third-order valence-electron chi connectivity index (χ3n) is 2.48. The van der Waals surface area contributed by atoms with Crippen molar-refractivity contribution in [3.05, 3.63) is 30.1 Å². The Morgan fingerprint density at radius 3 is 3.19 bits per heavy atom. The molecule has 1 unspecified atom stereocenters. The Labute approximate surface area is 103 Å². The molecular formula is C11H13BrN2O2. The second-order valence-corrected chi connectivity index (χ2v) is 4.26. The van der Waals surface area contributed by atoms with Gasteiger partial charge in [0.05, 0.1) is 12.7 Å². The van der Waals surface area contributed by atoms with Gasteiger partial charge in [0.15, 0.2) is 0 Å². The lowest BCUT2D eigenvalue weighted by Gasteiger charge is -2.31. The molecule has 0 aliphatic carbocycles. The maximum Gasteiger partial charge on any atom is 0.272 e. The van der Waals surface area contributed by atoms with Crippen molar-refractivity contribution in [3.63, 3.8) is 0 Å². The summed E-state index contributed by atoms with van der Waals surface area (Å²) in [7, 11) is 0. The van der Waals surface area contributed by atoms with Crippen LogP contribution in [0.1, 0.15) is 10.5 Å². The van der Waals surface area contributed by atoms with E-state index < -0.39 is 0 Å². The third kappa shape index (κ3) is 2.59. The van der Waals surface area contributed by atoms with Gasteiger partial charge in [0.1, 0.15) is 5.69 Å². The predicted molar refractivity (Wildman–Crippen MR) is 63.7 cm³/mol. The van der Waals surface area contributed by atoms with Gasteiger partial charge in [-0.3, -0.25) is 9.78 Å². The number of pyridine rings is 1. The van der Waals surface area contributed by atoms with E-state index in [-0.39, 0.29) is 12.0 Å². The van der Waals surface area contributed by atoms with E-state index in [9.17, 15) is 4.79 Å². The maximum absolute atomic E-state index is 12.1. The number of amides is 1. The van der Waals surface area contributed by atoms with E-state index in [4.69, 9.17) is 4.74 Å². The van der Waals surface area contributed by atoms with Crippen molar-refractivity contribution in [2.45, 2.75) is 6.10 Å². The van der Waals surface area contributed by atoms with E-state index in [0.29, 0.717) is 25.4 Å². The Morgan fingerprint density at radius 2 is 2.50 bits per heavy atom. The average Bonchev–Trinajstić information content (AvgIpc) is 2.39. The van der Waals surface area contributed by atoms with Crippen molar-refractivity contribution in [1.82, 2.24) is 9.88 Å². The topological polar surface area (TPSA) is 42.4 Å². The Bertz CT molecular complexity index is 358. The highest BCUT2D eigenvalue weighted by Crippen LogP contribution is 2.10. The molecule has 0 saturated carbocycles. The standard InChI is InChI=1S/C11H13BrN2O2/c12-7-9-8-14(5-6-16-9)11(15)10-3-1-2-4-13-10/h1-4,9H,5-8H2. The largest absolute Gasteiger partial charge is 0.374 e. The molecule has 86 valence electrons. The first-order valence-corrected chi connectivity index (χ1v) is 6.31. The molecule has 1 aromatic rings. The first-order valence-electron chi connectivity index (χ1n) is 5.19. The monoisotopic (exact) mass is 284 g/mol. The molecule has 0 aromatic carbocycles. The third-order valence-corrected chi connectivity index (χ3v) is 3.20. The van der Waals surface area contributed by atoms with Crippen molar-refractivity contribution < 1.29 is 9.53 Å². The van der Waals surface area contributed by atoms with Crippen molar-refractivity contribution in [3.8, 4) is 0 Å². The molecular weight excluding hydrogens is 272 g/mol. The fourth-order valence-corrected chi connectivity index (χ4v) is 2.04. The molecule has 2 rings (SSSR count). The van der Waals surface area contributed by atoms with Crippen LogP contribution in [0.5, 0.6) is 0 Å². The van der Waals surface area contributed by atoms with E-state index in [0.717, 1.165) is 5.33 Å². The van der Waals surface area contributed by atoms with Crippen LogP contribution >= 0.6 is 15.9 Å². The van der Waals surface area contributed by atoms with Crippen molar-refractivity contribution >= 4 is 21.8 Å². The van der Waals surface area contributed by atoms with E-state index in [2.05, 4.69) is 20.9 Å². The highest BCUT2D eigenvalue weighted by atomic mass is 79.9. The lowest BCUT2D eigenvalue weighted by molar-refractivity contribution is -0.00987. The molecule has 1 aliphatic heterocycles. The van der Waals surface area contributed by atoms with Crippen LogP contribution < -0.4 is 0 Å². The number of ether oxygens (including phenoxy) is 1. The summed E-state index contributed by atoms with van der Waals surface area (Å²) in [4.78, 5) is 17.9. The number of hydrogen-bond acceptors (Lipinski definition) is 3. The van der Waals surface area contributed by atoms with Gasteiger partial charge in [-0.05, 0) is 12.1 Å². The molecule has 4 nitrogen and oxygen atoms in total. The van der Waals surface area contributed by atoms with Crippen molar-refractivity contribution in [2.24, 2.45) is 0 Å². The molecule has 1 amide bonds. The van der Waals surface area contributed by atoms with Gasteiger partial charge >= 0.3 is 0 Å². The maximum atomic E-state index is 12.1. The summed E-state index contributed by atoms with van der Waals surface area (Å²) in [5.41, 5.74) is 0.498.